The highest BCUT2D eigenvalue weighted by Gasteiger charge is 2.33. The second kappa shape index (κ2) is 12.6. The first kappa shape index (κ1) is 28.7. The first-order chi connectivity index (χ1) is 18.1. The van der Waals surface area contributed by atoms with Gasteiger partial charge < -0.3 is 19.9 Å². The number of hydrogen-bond acceptors (Lipinski definition) is 8. The molecule has 1 aliphatic heterocycles. The maximum Gasteiger partial charge on any atom is 0.269 e. The van der Waals surface area contributed by atoms with E-state index in [9.17, 15) is 14.4 Å². The minimum atomic E-state index is -0.767. The van der Waals surface area contributed by atoms with Crippen LogP contribution in [0.2, 0.25) is 5.02 Å². The van der Waals surface area contributed by atoms with E-state index in [1.54, 1.807) is 48.2 Å². The van der Waals surface area contributed by atoms with Gasteiger partial charge in [0.05, 0.1) is 40.3 Å². The van der Waals surface area contributed by atoms with Crippen molar-refractivity contribution in [2.75, 3.05) is 37.4 Å². The first-order valence-corrected chi connectivity index (χ1v) is 12.5. The Hall–Kier alpha value is -3.91. The molecule has 202 valence electrons. The highest BCUT2D eigenvalue weighted by atomic mass is 35.5. The first-order valence-electron chi connectivity index (χ1n) is 12.2. The van der Waals surface area contributed by atoms with Gasteiger partial charge in [-0.15, -0.1) is 5.10 Å². The lowest BCUT2D eigenvalue weighted by atomic mass is 9.77. The molecule has 0 radical (unpaired) electrons. The third kappa shape index (κ3) is 6.69. The number of H-pyrrole nitrogens is 1. The number of aromatic nitrogens is 4. The van der Waals surface area contributed by atoms with Crippen LogP contribution >= 0.6 is 11.6 Å². The van der Waals surface area contributed by atoms with E-state index in [1.165, 1.54) is 13.0 Å². The number of nitrogens with zero attached hydrogens (tertiary/aromatic N) is 6. The Morgan fingerprint density at radius 1 is 1.42 bits per heavy atom. The molecular formula is C26H32ClFN8O2. The zero-order valence-electron chi connectivity index (χ0n) is 22.0. The molecule has 0 saturated carbocycles. The molecule has 2 atom stereocenters. The van der Waals surface area contributed by atoms with Crippen molar-refractivity contribution < 1.29 is 13.9 Å². The Bertz CT molecular complexity index is 1250. The van der Waals surface area contributed by atoms with Crippen molar-refractivity contribution in [1.82, 2.24) is 25.5 Å². The second-order valence-electron chi connectivity index (χ2n) is 9.19. The lowest BCUT2D eigenvalue weighted by Gasteiger charge is -2.32. The van der Waals surface area contributed by atoms with Crippen LogP contribution in [-0.4, -0.2) is 64.7 Å². The number of nitrogens with one attached hydrogen (secondary N) is 2. The Morgan fingerprint density at radius 3 is 2.79 bits per heavy atom. The predicted molar refractivity (Wildman–Crippen MR) is 145 cm³/mol. The van der Waals surface area contributed by atoms with Gasteiger partial charge in [0.2, 0.25) is 0 Å². The number of amides is 1. The van der Waals surface area contributed by atoms with E-state index in [0.29, 0.717) is 53.9 Å². The number of nitriles is 1. The number of likely N-dealkylation sites (N-methyl/N-ethyl adjacent to an activating group) is 1. The van der Waals surface area contributed by atoms with Gasteiger partial charge in [0, 0.05) is 26.7 Å². The van der Waals surface area contributed by atoms with Crippen molar-refractivity contribution in [3.63, 3.8) is 0 Å². The molecule has 1 aliphatic rings. The second-order valence-corrected chi connectivity index (χ2v) is 9.60. The summed E-state index contributed by atoms with van der Waals surface area (Å²) in [5, 5.41) is 27.5. The van der Waals surface area contributed by atoms with Crippen LogP contribution < -0.4 is 15.0 Å². The quantitative estimate of drug-likeness (QED) is 0.383. The number of allylic oxidation sites excluding steroid dienone is 5. The molecule has 38 heavy (non-hydrogen) atoms. The largest absolute Gasteiger partial charge is 0.476 e. The summed E-state index contributed by atoms with van der Waals surface area (Å²) < 4.78 is 19.3. The highest BCUT2D eigenvalue weighted by Crippen LogP contribution is 2.40. The Morgan fingerprint density at radius 2 is 2.18 bits per heavy atom. The number of rotatable bonds is 11. The fourth-order valence-electron chi connectivity index (χ4n) is 4.09. The molecule has 2 unspecified atom stereocenters. The van der Waals surface area contributed by atoms with E-state index >= 15 is 0 Å². The maximum absolute atomic E-state index is 13.3. The van der Waals surface area contributed by atoms with E-state index in [1.807, 2.05) is 6.92 Å². The zero-order valence-corrected chi connectivity index (χ0v) is 22.7. The number of hydrogen-bond donors (Lipinski definition) is 2. The lowest BCUT2D eigenvalue weighted by Crippen LogP contribution is -2.46. The maximum atomic E-state index is 13.3. The van der Waals surface area contributed by atoms with Crippen LogP contribution in [0, 0.1) is 16.7 Å². The molecule has 1 aromatic carbocycles. The Kier molecular flexibility index (Phi) is 9.47. The standard InChI is InChI=1S/C26H32ClFN8O2/c1-6-18(9-8-17(3)28)14-26(7-2,16-29)10-11-35(4)24(37)23-15-30-20-12-19(27)21(13-22(20)38-23)36(5)25-31-33-34-32-25/h6,8-9,12-13,23,30H,1,7,10-11,14-15H2,2-5H3,(H,31,32,33,34)/b17-8+,18-9+. The highest BCUT2D eigenvalue weighted by molar-refractivity contribution is 6.33. The minimum Gasteiger partial charge on any atom is -0.476 e. The lowest BCUT2D eigenvalue weighted by molar-refractivity contribution is -0.137. The molecule has 1 aromatic heterocycles. The van der Waals surface area contributed by atoms with Crippen LogP contribution in [0.25, 0.3) is 0 Å². The monoisotopic (exact) mass is 542 g/mol. The molecule has 2 N–H and O–H groups in total. The molecule has 0 spiro atoms. The number of halogens is 2. The molecule has 0 bridgehead atoms. The van der Waals surface area contributed by atoms with E-state index < -0.39 is 11.5 Å². The Balaban J connectivity index is 1.69. The van der Waals surface area contributed by atoms with E-state index in [0.717, 1.165) is 5.57 Å². The topological polar surface area (TPSA) is 123 Å². The van der Waals surface area contributed by atoms with Crippen LogP contribution in [0.15, 0.2) is 48.3 Å². The van der Waals surface area contributed by atoms with Gasteiger partial charge in [-0.05, 0) is 49.1 Å². The molecule has 0 saturated heterocycles. The molecule has 12 heteroatoms. The van der Waals surface area contributed by atoms with Crippen molar-refractivity contribution in [3.8, 4) is 11.8 Å². The molecule has 1 amide bonds. The summed E-state index contributed by atoms with van der Waals surface area (Å²) in [6, 6.07) is 5.86. The predicted octanol–water partition coefficient (Wildman–Crippen LogP) is 4.94. The van der Waals surface area contributed by atoms with Gasteiger partial charge in [-0.1, -0.05) is 42.4 Å². The summed E-state index contributed by atoms with van der Waals surface area (Å²) in [4.78, 5) is 16.5. The third-order valence-electron chi connectivity index (χ3n) is 6.61. The van der Waals surface area contributed by atoms with Crippen molar-refractivity contribution in [2.24, 2.45) is 5.41 Å². The number of carbonyl (C=O) groups is 1. The van der Waals surface area contributed by atoms with Gasteiger partial charge in [-0.2, -0.15) is 10.5 Å². The van der Waals surface area contributed by atoms with E-state index in [4.69, 9.17) is 16.3 Å². The smallest absolute Gasteiger partial charge is 0.269 e. The third-order valence-corrected chi connectivity index (χ3v) is 6.92. The Labute approximate surface area is 226 Å². The molecule has 2 aromatic rings. The summed E-state index contributed by atoms with van der Waals surface area (Å²) in [6.45, 7) is 7.70. The zero-order chi connectivity index (χ0) is 27.9. The van der Waals surface area contributed by atoms with Crippen LogP contribution in [0.5, 0.6) is 5.75 Å². The van der Waals surface area contributed by atoms with E-state index in [2.05, 4.69) is 38.6 Å². The summed E-state index contributed by atoms with van der Waals surface area (Å²) >= 11 is 6.46. The van der Waals surface area contributed by atoms with Gasteiger partial charge in [0.1, 0.15) is 5.75 Å². The number of benzene rings is 1. The number of fused-ring (bicyclic) bond motifs is 1. The van der Waals surface area contributed by atoms with Crippen molar-refractivity contribution in [1.29, 1.82) is 5.26 Å². The number of tetrazole rings is 1. The van der Waals surface area contributed by atoms with Crippen LogP contribution in [0.4, 0.5) is 21.7 Å². The van der Waals surface area contributed by atoms with Crippen LogP contribution in [0.1, 0.15) is 33.1 Å². The molecule has 3 rings (SSSR count). The van der Waals surface area contributed by atoms with Gasteiger partial charge in [0.25, 0.3) is 11.9 Å². The normalized spacial score (nSPS) is 16.8. The fraction of sp³-hybridized carbons (Fsp3) is 0.423. The molecule has 0 fully saturated rings. The molecular weight excluding hydrogens is 511 g/mol. The van der Waals surface area contributed by atoms with Crippen molar-refractivity contribution >= 4 is 34.8 Å². The summed E-state index contributed by atoms with van der Waals surface area (Å²) in [7, 11) is 3.43. The van der Waals surface area contributed by atoms with Crippen LogP contribution in [0.3, 0.4) is 0 Å². The van der Waals surface area contributed by atoms with Crippen molar-refractivity contribution in [3.05, 3.63) is 53.4 Å². The summed E-state index contributed by atoms with van der Waals surface area (Å²) in [6.07, 6.45) is 5.27. The SMILES string of the molecule is C=C/C(=C\C=C(/C)F)CC(C#N)(CC)CCN(C)C(=O)C1CNc2cc(Cl)c(N(C)c3nn[nH]n3)cc2O1. The number of carbonyl (C=O) groups excluding carboxylic acids is 1. The van der Waals surface area contributed by atoms with Gasteiger partial charge in [-0.25, -0.2) is 4.39 Å². The van der Waals surface area contributed by atoms with Gasteiger partial charge in [-0.3, -0.25) is 4.79 Å². The summed E-state index contributed by atoms with van der Waals surface area (Å²) in [5.74, 6) is 0.247. The molecule has 10 nitrogen and oxygen atoms in total. The number of anilines is 3. The number of aromatic amines is 1. The van der Waals surface area contributed by atoms with Crippen molar-refractivity contribution in [2.45, 2.75) is 39.2 Å². The molecule has 0 aliphatic carbocycles. The number of ether oxygens (including phenoxy) is 1. The van der Waals surface area contributed by atoms with E-state index in [-0.39, 0.29) is 18.3 Å². The van der Waals surface area contributed by atoms with Gasteiger partial charge in [0.15, 0.2) is 6.10 Å². The van der Waals surface area contributed by atoms with Crippen LogP contribution in [-0.2, 0) is 4.79 Å². The average Bonchev–Trinajstić information content (AvgIpc) is 3.46. The molecule has 2 heterocycles. The van der Waals surface area contributed by atoms with Gasteiger partial charge >= 0.3 is 0 Å². The minimum absolute atomic E-state index is 0.218. The summed E-state index contributed by atoms with van der Waals surface area (Å²) in [5.41, 5.74) is 1.29. The fourth-order valence-corrected chi connectivity index (χ4v) is 4.38. The average molecular weight is 543 g/mol.